The van der Waals surface area contributed by atoms with Crippen molar-refractivity contribution in [3.05, 3.63) is 0 Å². The van der Waals surface area contributed by atoms with Gasteiger partial charge in [0.05, 0.1) is 6.61 Å². The van der Waals surface area contributed by atoms with E-state index >= 15 is 0 Å². The SMILES string of the molecule is CC(=O)CCCC(=O)NC(C)CO. The first kappa shape index (κ1) is 12.1. The first-order chi connectivity index (χ1) is 6.06. The molecule has 0 saturated heterocycles. The van der Waals surface area contributed by atoms with Gasteiger partial charge in [-0.05, 0) is 20.3 Å². The highest BCUT2D eigenvalue weighted by molar-refractivity contribution is 5.78. The summed E-state index contributed by atoms with van der Waals surface area (Å²) in [7, 11) is 0. The van der Waals surface area contributed by atoms with E-state index in [9.17, 15) is 9.59 Å². The largest absolute Gasteiger partial charge is 0.394 e. The Morgan fingerprint density at radius 3 is 2.46 bits per heavy atom. The number of carbonyl (C=O) groups is 2. The summed E-state index contributed by atoms with van der Waals surface area (Å²) < 4.78 is 0. The molecule has 0 spiro atoms. The zero-order valence-electron chi connectivity index (χ0n) is 8.17. The molecule has 2 N–H and O–H groups in total. The standard InChI is InChI=1S/C9H17NO3/c1-7(6-11)10-9(13)5-3-4-8(2)12/h7,11H,3-6H2,1-2H3,(H,10,13). The van der Waals surface area contributed by atoms with Crippen molar-refractivity contribution in [1.82, 2.24) is 5.32 Å². The van der Waals surface area contributed by atoms with Gasteiger partial charge in [-0.25, -0.2) is 0 Å². The highest BCUT2D eigenvalue weighted by Gasteiger charge is 2.05. The van der Waals surface area contributed by atoms with Gasteiger partial charge in [0.1, 0.15) is 5.78 Å². The average molecular weight is 187 g/mol. The number of aliphatic hydroxyl groups is 1. The summed E-state index contributed by atoms with van der Waals surface area (Å²) in [5.41, 5.74) is 0. The van der Waals surface area contributed by atoms with Gasteiger partial charge < -0.3 is 15.2 Å². The number of ketones is 1. The Hall–Kier alpha value is -0.900. The summed E-state index contributed by atoms with van der Waals surface area (Å²) >= 11 is 0. The average Bonchev–Trinajstić information content (AvgIpc) is 2.03. The van der Waals surface area contributed by atoms with Crippen molar-refractivity contribution in [2.24, 2.45) is 0 Å². The number of hydrogen-bond acceptors (Lipinski definition) is 3. The predicted molar refractivity (Wildman–Crippen MR) is 49.2 cm³/mol. The summed E-state index contributed by atoms with van der Waals surface area (Å²) in [5.74, 6) is -0.00851. The molecule has 0 fully saturated rings. The van der Waals surface area contributed by atoms with E-state index in [4.69, 9.17) is 5.11 Å². The van der Waals surface area contributed by atoms with E-state index in [1.807, 2.05) is 0 Å². The van der Waals surface area contributed by atoms with Crippen molar-refractivity contribution >= 4 is 11.7 Å². The zero-order chi connectivity index (χ0) is 10.3. The highest BCUT2D eigenvalue weighted by atomic mass is 16.3. The van der Waals surface area contributed by atoms with Crippen molar-refractivity contribution in [2.45, 2.75) is 39.2 Å². The quantitative estimate of drug-likeness (QED) is 0.626. The maximum atomic E-state index is 11.1. The van der Waals surface area contributed by atoms with Crippen LogP contribution in [0.5, 0.6) is 0 Å². The fourth-order valence-electron chi connectivity index (χ4n) is 0.891. The molecule has 0 aromatic heterocycles. The van der Waals surface area contributed by atoms with E-state index in [1.54, 1.807) is 6.92 Å². The Balaban J connectivity index is 3.46. The molecule has 0 bridgehead atoms. The van der Waals surface area contributed by atoms with Gasteiger partial charge in [0.2, 0.25) is 5.91 Å². The second kappa shape index (κ2) is 6.60. The van der Waals surface area contributed by atoms with Crippen LogP contribution >= 0.6 is 0 Å². The van der Waals surface area contributed by atoms with E-state index in [2.05, 4.69) is 5.32 Å². The molecule has 0 aliphatic carbocycles. The van der Waals surface area contributed by atoms with Crippen LogP contribution in [0.15, 0.2) is 0 Å². The summed E-state index contributed by atoms with van der Waals surface area (Å²) in [5, 5.41) is 11.2. The van der Waals surface area contributed by atoms with Gasteiger partial charge in [0, 0.05) is 18.9 Å². The van der Waals surface area contributed by atoms with Gasteiger partial charge in [-0.3, -0.25) is 4.79 Å². The number of Topliss-reactive ketones (excluding diaryl/α,β-unsaturated/α-hetero) is 1. The Morgan fingerprint density at radius 1 is 1.38 bits per heavy atom. The maximum Gasteiger partial charge on any atom is 0.220 e. The lowest BCUT2D eigenvalue weighted by Crippen LogP contribution is -2.34. The fourth-order valence-corrected chi connectivity index (χ4v) is 0.891. The molecular formula is C9H17NO3. The summed E-state index contributed by atoms with van der Waals surface area (Å²) in [6.45, 7) is 3.18. The van der Waals surface area contributed by atoms with Crippen LogP contribution in [0.25, 0.3) is 0 Å². The van der Waals surface area contributed by atoms with Crippen molar-refractivity contribution in [3.63, 3.8) is 0 Å². The van der Waals surface area contributed by atoms with Crippen LogP contribution in [0.3, 0.4) is 0 Å². The molecule has 76 valence electrons. The van der Waals surface area contributed by atoms with Crippen molar-refractivity contribution in [2.75, 3.05) is 6.61 Å². The normalized spacial score (nSPS) is 12.2. The van der Waals surface area contributed by atoms with E-state index in [0.717, 1.165) is 0 Å². The molecule has 0 heterocycles. The topological polar surface area (TPSA) is 66.4 Å². The van der Waals surface area contributed by atoms with E-state index in [1.165, 1.54) is 6.92 Å². The molecule has 0 rings (SSSR count). The molecule has 0 aromatic carbocycles. The van der Waals surface area contributed by atoms with Gasteiger partial charge in [0.15, 0.2) is 0 Å². The number of amides is 1. The van der Waals surface area contributed by atoms with Gasteiger partial charge >= 0.3 is 0 Å². The molecule has 4 heteroatoms. The van der Waals surface area contributed by atoms with Gasteiger partial charge in [0.25, 0.3) is 0 Å². The van der Waals surface area contributed by atoms with E-state index in [-0.39, 0.29) is 24.3 Å². The fraction of sp³-hybridized carbons (Fsp3) is 0.778. The van der Waals surface area contributed by atoms with Crippen LogP contribution in [-0.4, -0.2) is 29.4 Å². The molecule has 0 saturated carbocycles. The van der Waals surface area contributed by atoms with Gasteiger partial charge in [-0.1, -0.05) is 0 Å². The molecule has 0 radical (unpaired) electrons. The molecule has 13 heavy (non-hydrogen) atoms. The Labute approximate surface area is 78.3 Å². The Morgan fingerprint density at radius 2 is 2.00 bits per heavy atom. The Kier molecular flexibility index (Phi) is 6.14. The highest BCUT2D eigenvalue weighted by Crippen LogP contribution is 1.96. The second-order valence-corrected chi connectivity index (χ2v) is 3.21. The summed E-state index contributed by atoms with van der Waals surface area (Å²) in [4.78, 5) is 21.6. The van der Waals surface area contributed by atoms with Crippen molar-refractivity contribution in [3.8, 4) is 0 Å². The molecule has 4 nitrogen and oxygen atoms in total. The number of aliphatic hydroxyl groups excluding tert-OH is 1. The lowest BCUT2D eigenvalue weighted by atomic mass is 10.2. The third-order valence-electron chi connectivity index (χ3n) is 1.61. The van der Waals surface area contributed by atoms with Crippen molar-refractivity contribution < 1.29 is 14.7 Å². The van der Waals surface area contributed by atoms with Crippen molar-refractivity contribution in [1.29, 1.82) is 0 Å². The lowest BCUT2D eigenvalue weighted by molar-refractivity contribution is -0.122. The minimum absolute atomic E-state index is 0.0571. The van der Waals surface area contributed by atoms with Crippen LogP contribution in [0.1, 0.15) is 33.1 Å². The van der Waals surface area contributed by atoms with Gasteiger partial charge in [-0.2, -0.15) is 0 Å². The third kappa shape index (κ3) is 7.46. The number of hydrogen-bond donors (Lipinski definition) is 2. The molecule has 0 aliphatic rings. The first-order valence-electron chi connectivity index (χ1n) is 4.46. The third-order valence-corrected chi connectivity index (χ3v) is 1.61. The Bertz CT molecular complexity index is 180. The molecule has 1 atom stereocenters. The molecular weight excluding hydrogens is 170 g/mol. The number of rotatable bonds is 6. The van der Waals surface area contributed by atoms with Gasteiger partial charge in [-0.15, -0.1) is 0 Å². The van der Waals surface area contributed by atoms with Crippen LogP contribution in [0.2, 0.25) is 0 Å². The molecule has 0 aliphatic heterocycles. The zero-order valence-corrected chi connectivity index (χ0v) is 8.17. The summed E-state index contributed by atoms with van der Waals surface area (Å²) in [6, 6.07) is -0.204. The molecule has 0 aromatic rings. The molecule has 1 unspecified atom stereocenters. The number of nitrogens with one attached hydrogen (secondary N) is 1. The molecule has 1 amide bonds. The van der Waals surface area contributed by atoms with Crippen LogP contribution in [-0.2, 0) is 9.59 Å². The van der Waals surface area contributed by atoms with Crippen LogP contribution < -0.4 is 5.32 Å². The minimum Gasteiger partial charge on any atom is -0.394 e. The summed E-state index contributed by atoms with van der Waals surface area (Å²) in [6.07, 6.45) is 1.38. The van der Waals surface area contributed by atoms with E-state index < -0.39 is 0 Å². The monoisotopic (exact) mass is 187 g/mol. The lowest BCUT2D eigenvalue weighted by Gasteiger charge is -2.09. The number of carbonyl (C=O) groups excluding carboxylic acids is 2. The van der Waals surface area contributed by atoms with Crippen LogP contribution in [0.4, 0.5) is 0 Å². The predicted octanol–water partition coefficient (Wildman–Crippen LogP) is 0.243. The van der Waals surface area contributed by atoms with E-state index in [0.29, 0.717) is 19.3 Å². The van der Waals surface area contributed by atoms with Crippen LogP contribution in [0, 0.1) is 0 Å². The smallest absolute Gasteiger partial charge is 0.220 e. The minimum atomic E-state index is -0.204. The first-order valence-corrected chi connectivity index (χ1v) is 4.46. The maximum absolute atomic E-state index is 11.1. The second-order valence-electron chi connectivity index (χ2n) is 3.21.